The van der Waals surface area contributed by atoms with Crippen molar-refractivity contribution in [2.75, 3.05) is 6.61 Å². The van der Waals surface area contributed by atoms with E-state index >= 15 is 0 Å². The Morgan fingerprint density at radius 1 is 1.43 bits per heavy atom. The van der Waals surface area contributed by atoms with Crippen molar-refractivity contribution in [3.8, 4) is 0 Å². The van der Waals surface area contributed by atoms with Gasteiger partial charge in [0.2, 0.25) is 0 Å². The van der Waals surface area contributed by atoms with E-state index in [1.54, 1.807) is 4.90 Å². The van der Waals surface area contributed by atoms with Crippen molar-refractivity contribution in [3.05, 3.63) is 40.9 Å². The zero-order chi connectivity index (χ0) is 17.3. The first-order valence-electron chi connectivity index (χ1n) is 7.68. The zero-order valence-corrected chi connectivity index (χ0v) is 15.1. The molecule has 0 bridgehead atoms. The highest BCUT2D eigenvalue weighted by atomic mass is 35.5. The van der Waals surface area contributed by atoms with E-state index in [-0.39, 0.29) is 12.1 Å². The molecule has 0 N–H and O–H groups in total. The summed E-state index contributed by atoms with van der Waals surface area (Å²) in [5, 5.41) is 0.680. The second-order valence-electron chi connectivity index (χ2n) is 7.09. The summed E-state index contributed by atoms with van der Waals surface area (Å²) in [5.74, 6) is 0. The Bertz CT molecular complexity index is 605. The van der Waals surface area contributed by atoms with Gasteiger partial charge in [0.15, 0.2) is 0 Å². The average Bonchev–Trinajstić information content (AvgIpc) is 2.69. The maximum Gasteiger partial charge on any atom is 0.413 e. The summed E-state index contributed by atoms with van der Waals surface area (Å²) < 4.78 is 11.3. The van der Waals surface area contributed by atoms with Crippen LogP contribution in [0.4, 0.5) is 4.79 Å². The molecule has 1 amide bonds. The molecular weight excluding hydrogens is 314 g/mol. The largest absolute Gasteiger partial charge is 0.444 e. The lowest BCUT2D eigenvalue weighted by Gasteiger charge is -2.34. The number of hydrogen-bond acceptors (Lipinski definition) is 3. The summed E-state index contributed by atoms with van der Waals surface area (Å²) in [4.78, 5) is 14.2. The SMILES string of the molecule is CC(C)(C)OC(=O)N1[C@@H](C=Cc2cccc(Cl)c2)COC1(C)C. The minimum Gasteiger partial charge on any atom is -0.444 e. The number of carbonyl (C=O) groups is 1. The van der Waals surface area contributed by atoms with Crippen molar-refractivity contribution in [1.29, 1.82) is 0 Å². The van der Waals surface area contributed by atoms with E-state index in [4.69, 9.17) is 21.1 Å². The second-order valence-corrected chi connectivity index (χ2v) is 7.53. The van der Waals surface area contributed by atoms with Crippen LogP contribution in [0.5, 0.6) is 0 Å². The van der Waals surface area contributed by atoms with E-state index in [0.29, 0.717) is 11.6 Å². The summed E-state index contributed by atoms with van der Waals surface area (Å²) in [5.41, 5.74) is -0.269. The molecule has 23 heavy (non-hydrogen) atoms. The summed E-state index contributed by atoms with van der Waals surface area (Å²) >= 11 is 5.99. The van der Waals surface area contributed by atoms with Crippen molar-refractivity contribution in [3.63, 3.8) is 0 Å². The monoisotopic (exact) mass is 337 g/mol. The standard InChI is InChI=1S/C18H24ClNO3/c1-17(2,3)23-16(21)20-15(12-22-18(20,4)5)10-9-13-7-6-8-14(19)11-13/h6-11,15H,12H2,1-5H3/t15-/m0/s1. The molecule has 0 spiro atoms. The smallest absolute Gasteiger partial charge is 0.413 e. The number of halogens is 1. The fourth-order valence-electron chi connectivity index (χ4n) is 2.47. The summed E-state index contributed by atoms with van der Waals surface area (Å²) in [6, 6.07) is 7.37. The number of amides is 1. The highest BCUT2D eigenvalue weighted by Crippen LogP contribution is 2.30. The van der Waals surface area contributed by atoms with Gasteiger partial charge in [0, 0.05) is 5.02 Å². The number of benzene rings is 1. The van der Waals surface area contributed by atoms with E-state index in [1.165, 1.54) is 0 Å². The maximum absolute atomic E-state index is 12.5. The molecule has 1 aromatic rings. The molecule has 1 heterocycles. The molecule has 4 nitrogen and oxygen atoms in total. The first-order valence-corrected chi connectivity index (χ1v) is 8.06. The van der Waals surface area contributed by atoms with Crippen LogP contribution < -0.4 is 0 Å². The Morgan fingerprint density at radius 3 is 2.74 bits per heavy atom. The van der Waals surface area contributed by atoms with Crippen molar-refractivity contribution in [2.45, 2.75) is 52.0 Å². The number of rotatable bonds is 2. The van der Waals surface area contributed by atoms with Crippen LogP contribution in [0.2, 0.25) is 5.02 Å². The minimum atomic E-state index is -0.703. The fraction of sp³-hybridized carbons (Fsp3) is 0.500. The van der Waals surface area contributed by atoms with Crippen LogP contribution in [-0.2, 0) is 9.47 Å². The second kappa shape index (κ2) is 6.54. The molecule has 0 aromatic heterocycles. The predicted octanol–water partition coefficient (Wildman–Crippen LogP) is 4.73. The number of nitrogens with zero attached hydrogens (tertiary/aromatic N) is 1. The molecular formula is C18H24ClNO3. The fourth-order valence-corrected chi connectivity index (χ4v) is 2.67. The molecule has 0 unspecified atom stereocenters. The van der Waals surface area contributed by atoms with Crippen molar-refractivity contribution < 1.29 is 14.3 Å². The molecule has 0 aliphatic carbocycles. The van der Waals surface area contributed by atoms with Crippen LogP contribution >= 0.6 is 11.6 Å². The molecule has 126 valence electrons. The van der Waals surface area contributed by atoms with Gasteiger partial charge in [-0.2, -0.15) is 0 Å². The lowest BCUT2D eigenvalue weighted by molar-refractivity contribution is -0.0610. The van der Waals surface area contributed by atoms with E-state index in [1.807, 2.05) is 71.0 Å². The molecule has 0 radical (unpaired) electrons. The molecule has 1 aliphatic rings. The quantitative estimate of drug-likeness (QED) is 0.783. The van der Waals surface area contributed by atoms with Gasteiger partial charge in [-0.15, -0.1) is 0 Å². The third kappa shape index (κ3) is 4.72. The Labute approximate surface area is 143 Å². The molecule has 1 aliphatic heterocycles. The van der Waals surface area contributed by atoms with Crippen LogP contribution in [0.25, 0.3) is 6.08 Å². The Kier molecular flexibility index (Phi) is 5.07. The van der Waals surface area contributed by atoms with Crippen molar-refractivity contribution >= 4 is 23.8 Å². The predicted molar refractivity (Wildman–Crippen MR) is 92.4 cm³/mol. The summed E-state index contributed by atoms with van der Waals surface area (Å²) in [7, 11) is 0. The van der Waals surface area contributed by atoms with Crippen LogP contribution in [0.15, 0.2) is 30.3 Å². The normalized spacial score (nSPS) is 21.0. The molecule has 1 atom stereocenters. The molecule has 1 saturated heterocycles. The number of ether oxygens (including phenoxy) is 2. The van der Waals surface area contributed by atoms with Gasteiger partial charge in [-0.1, -0.05) is 35.9 Å². The average molecular weight is 338 g/mol. The molecule has 5 heteroatoms. The highest BCUT2D eigenvalue weighted by Gasteiger charge is 2.44. The van der Waals surface area contributed by atoms with E-state index in [2.05, 4.69) is 0 Å². The maximum atomic E-state index is 12.5. The van der Waals surface area contributed by atoms with E-state index in [0.717, 1.165) is 5.56 Å². The Balaban J connectivity index is 2.18. The third-order valence-electron chi connectivity index (χ3n) is 3.47. The first-order chi connectivity index (χ1) is 10.6. The number of hydrogen-bond donors (Lipinski definition) is 0. The molecule has 0 saturated carbocycles. The van der Waals surface area contributed by atoms with Gasteiger partial charge in [0.25, 0.3) is 0 Å². The Hall–Kier alpha value is -1.52. The van der Waals surface area contributed by atoms with Crippen LogP contribution in [-0.4, -0.2) is 35.0 Å². The lowest BCUT2D eigenvalue weighted by Crippen LogP contribution is -2.49. The van der Waals surface area contributed by atoms with Gasteiger partial charge < -0.3 is 9.47 Å². The lowest BCUT2D eigenvalue weighted by atomic mass is 10.1. The number of carbonyl (C=O) groups excluding carboxylic acids is 1. The molecule has 1 aromatic carbocycles. The third-order valence-corrected chi connectivity index (χ3v) is 3.70. The first kappa shape index (κ1) is 17.8. The van der Waals surface area contributed by atoms with E-state index in [9.17, 15) is 4.79 Å². The zero-order valence-electron chi connectivity index (χ0n) is 14.3. The van der Waals surface area contributed by atoms with Gasteiger partial charge in [-0.05, 0) is 52.3 Å². The van der Waals surface area contributed by atoms with Gasteiger partial charge in [-0.25, -0.2) is 4.79 Å². The Morgan fingerprint density at radius 2 is 2.13 bits per heavy atom. The molecule has 1 fully saturated rings. The highest BCUT2D eigenvalue weighted by molar-refractivity contribution is 6.30. The van der Waals surface area contributed by atoms with Crippen LogP contribution in [0.1, 0.15) is 40.2 Å². The van der Waals surface area contributed by atoms with Crippen molar-refractivity contribution in [1.82, 2.24) is 4.90 Å². The van der Waals surface area contributed by atoms with Crippen molar-refractivity contribution in [2.24, 2.45) is 0 Å². The van der Waals surface area contributed by atoms with Gasteiger partial charge >= 0.3 is 6.09 Å². The summed E-state index contributed by atoms with van der Waals surface area (Å²) in [6.45, 7) is 9.72. The minimum absolute atomic E-state index is 0.182. The van der Waals surface area contributed by atoms with Gasteiger partial charge in [0.1, 0.15) is 11.3 Å². The van der Waals surface area contributed by atoms with Crippen LogP contribution in [0.3, 0.4) is 0 Å². The topological polar surface area (TPSA) is 38.8 Å². The van der Waals surface area contributed by atoms with Gasteiger partial charge in [-0.3, -0.25) is 4.90 Å². The van der Waals surface area contributed by atoms with Crippen LogP contribution in [0, 0.1) is 0 Å². The van der Waals surface area contributed by atoms with Gasteiger partial charge in [0.05, 0.1) is 12.6 Å². The van der Waals surface area contributed by atoms with E-state index < -0.39 is 11.3 Å². The molecule has 2 rings (SSSR count). The summed E-state index contributed by atoms with van der Waals surface area (Å²) in [6.07, 6.45) is 3.52.